The Morgan fingerprint density at radius 1 is 0.543 bits per heavy atom. The van der Waals surface area contributed by atoms with Crippen molar-refractivity contribution in [3.05, 3.63) is 107 Å². The molecule has 7 nitrogen and oxygen atoms in total. The molecule has 0 radical (unpaired) electrons. The molecule has 4 aromatic rings. The summed E-state index contributed by atoms with van der Waals surface area (Å²) in [5.41, 5.74) is 2.62. The molecule has 0 atom stereocenters. The maximum atomic E-state index is 10.9. The molecule has 4 rings (SSSR count). The molecular formula is C28H20N2O5. The molecule has 0 saturated carbocycles. The highest BCUT2D eigenvalue weighted by atomic mass is 16.5. The van der Waals surface area contributed by atoms with Crippen LogP contribution in [0.25, 0.3) is 0 Å². The lowest BCUT2D eigenvalue weighted by Crippen LogP contribution is -1.88. The zero-order valence-electron chi connectivity index (χ0n) is 18.4. The van der Waals surface area contributed by atoms with Crippen molar-refractivity contribution in [2.75, 3.05) is 0 Å². The number of carbonyl (C=O) groups excluding carboxylic acids is 2. The third-order valence-electron chi connectivity index (χ3n) is 5.07. The van der Waals surface area contributed by atoms with Crippen LogP contribution in [-0.4, -0.2) is 35.2 Å². The minimum atomic E-state index is -0.106. The number of ether oxygens (including phenoxy) is 1. The molecule has 0 amide bonds. The van der Waals surface area contributed by atoms with Gasteiger partial charge in [-0.25, -0.2) is 0 Å². The molecule has 0 aliphatic heterocycles. The summed E-state index contributed by atoms with van der Waals surface area (Å²) in [6.07, 6.45) is 4.17. The lowest BCUT2D eigenvalue weighted by atomic mass is 10.1. The Morgan fingerprint density at radius 3 is 1.29 bits per heavy atom. The second kappa shape index (κ2) is 10.7. The van der Waals surface area contributed by atoms with E-state index in [9.17, 15) is 19.8 Å². The first-order valence-electron chi connectivity index (χ1n) is 10.6. The molecular weight excluding hydrogens is 444 g/mol. The first kappa shape index (κ1) is 23.1. The largest absolute Gasteiger partial charge is 0.507 e. The molecule has 35 heavy (non-hydrogen) atoms. The van der Waals surface area contributed by atoms with Gasteiger partial charge in [0.25, 0.3) is 0 Å². The summed E-state index contributed by atoms with van der Waals surface area (Å²) in [7, 11) is 0. The van der Waals surface area contributed by atoms with Crippen molar-refractivity contribution in [3.63, 3.8) is 0 Å². The predicted octanol–water partition coefficient (Wildman–Crippen LogP) is 6.02. The van der Waals surface area contributed by atoms with E-state index in [0.29, 0.717) is 46.6 Å². The van der Waals surface area contributed by atoms with Crippen LogP contribution in [0.3, 0.4) is 0 Å². The topological polar surface area (TPSA) is 109 Å². The highest BCUT2D eigenvalue weighted by Crippen LogP contribution is 2.27. The Labute approximate surface area is 201 Å². The first-order chi connectivity index (χ1) is 17.1. The molecule has 7 heteroatoms. The minimum Gasteiger partial charge on any atom is -0.507 e. The quantitative estimate of drug-likeness (QED) is 0.245. The summed E-state index contributed by atoms with van der Waals surface area (Å²) in [5.74, 6) is 1.01. The van der Waals surface area contributed by atoms with E-state index in [1.54, 1.807) is 72.8 Å². The van der Waals surface area contributed by atoms with E-state index in [2.05, 4.69) is 9.98 Å². The molecule has 0 saturated heterocycles. The molecule has 0 unspecified atom stereocenters. The molecule has 4 aromatic carbocycles. The second-order valence-corrected chi connectivity index (χ2v) is 7.41. The number of rotatable bonds is 8. The number of benzene rings is 4. The fraction of sp³-hybridized carbons (Fsp3) is 0. The number of hydrogen-bond donors (Lipinski definition) is 2. The average molecular weight is 464 g/mol. The molecule has 0 spiro atoms. The van der Waals surface area contributed by atoms with Crippen molar-refractivity contribution in [2.45, 2.75) is 0 Å². The maximum absolute atomic E-state index is 10.9. The number of carbonyl (C=O) groups is 2. The van der Waals surface area contributed by atoms with Gasteiger partial charge in [0.15, 0.2) is 12.6 Å². The predicted molar refractivity (Wildman–Crippen MR) is 134 cm³/mol. The van der Waals surface area contributed by atoms with Gasteiger partial charge in [-0.05, 0) is 72.8 Å². The number of aliphatic imine (C=N–C) groups is 2. The Bertz CT molecular complexity index is 1300. The van der Waals surface area contributed by atoms with Crippen LogP contribution in [0, 0.1) is 0 Å². The maximum Gasteiger partial charge on any atom is 0.153 e. The Balaban J connectivity index is 1.39. The number of hydrogen-bond acceptors (Lipinski definition) is 7. The van der Waals surface area contributed by atoms with Gasteiger partial charge in [-0.15, -0.1) is 0 Å². The standard InChI is InChI=1S/C28H20N2O5/c31-17-21-5-1-3-19(27(21)33)15-29-23-7-11-25(12-8-23)35-26-13-9-24(10-14-26)30-16-20-4-2-6-22(18-32)28(20)34/h1-18,33-34H/b29-15+,30-16+. The fourth-order valence-electron chi connectivity index (χ4n) is 3.18. The minimum absolute atomic E-state index is 0.106. The molecule has 0 aliphatic carbocycles. The Hall–Kier alpha value is -5.04. The molecule has 172 valence electrons. The monoisotopic (exact) mass is 464 g/mol. The molecule has 0 aromatic heterocycles. The summed E-state index contributed by atoms with van der Waals surface area (Å²) >= 11 is 0. The number of aromatic hydroxyl groups is 2. The number of para-hydroxylation sites is 2. The SMILES string of the molecule is O=Cc1cccc(/C=N/c2ccc(Oc3ccc(/N=C/c4cccc(C=O)c4O)cc3)cc2)c1O. The highest BCUT2D eigenvalue weighted by molar-refractivity contribution is 5.92. The zero-order valence-corrected chi connectivity index (χ0v) is 18.4. The lowest BCUT2D eigenvalue weighted by molar-refractivity contribution is 0.111. The van der Waals surface area contributed by atoms with Gasteiger partial charge >= 0.3 is 0 Å². The van der Waals surface area contributed by atoms with Crippen LogP contribution in [0.1, 0.15) is 31.8 Å². The van der Waals surface area contributed by atoms with Crippen molar-refractivity contribution in [1.82, 2.24) is 0 Å². The molecule has 0 bridgehead atoms. The van der Waals surface area contributed by atoms with Crippen molar-refractivity contribution >= 4 is 36.4 Å². The molecule has 2 N–H and O–H groups in total. The normalized spacial score (nSPS) is 11.1. The summed E-state index contributed by atoms with van der Waals surface area (Å²) < 4.78 is 5.85. The van der Waals surface area contributed by atoms with Gasteiger partial charge in [-0.2, -0.15) is 0 Å². The van der Waals surface area contributed by atoms with Crippen molar-refractivity contribution < 1.29 is 24.5 Å². The third kappa shape index (κ3) is 5.66. The van der Waals surface area contributed by atoms with E-state index in [1.807, 2.05) is 0 Å². The van der Waals surface area contributed by atoms with Gasteiger partial charge in [-0.1, -0.05) is 12.1 Å². The van der Waals surface area contributed by atoms with Crippen LogP contribution in [0.15, 0.2) is 94.9 Å². The number of phenols is 2. The smallest absolute Gasteiger partial charge is 0.153 e. The van der Waals surface area contributed by atoms with E-state index in [0.717, 1.165) is 0 Å². The number of phenolic OH excluding ortho intramolecular Hbond substituents is 2. The van der Waals surface area contributed by atoms with E-state index in [4.69, 9.17) is 4.74 Å². The van der Waals surface area contributed by atoms with Crippen molar-refractivity contribution in [3.8, 4) is 23.0 Å². The number of aldehydes is 2. The third-order valence-corrected chi connectivity index (χ3v) is 5.07. The second-order valence-electron chi connectivity index (χ2n) is 7.41. The number of nitrogens with zero attached hydrogens (tertiary/aromatic N) is 2. The van der Waals surface area contributed by atoms with Crippen LogP contribution < -0.4 is 4.74 Å². The van der Waals surface area contributed by atoms with Crippen LogP contribution in [0.2, 0.25) is 0 Å². The summed E-state index contributed by atoms with van der Waals surface area (Å²) in [6, 6.07) is 23.9. The van der Waals surface area contributed by atoms with Gasteiger partial charge in [-0.3, -0.25) is 19.6 Å². The van der Waals surface area contributed by atoms with Gasteiger partial charge in [0.1, 0.15) is 23.0 Å². The summed E-state index contributed by atoms with van der Waals surface area (Å²) in [6.45, 7) is 0. The Kier molecular flexibility index (Phi) is 7.08. The van der Waals surface area contributed by atoms with Gasteiger partial charge in [0, 0.05) is 23.6 Å². The van der Waals surface area contributed by atoms with Crippen LogP contribution in [-0.2, 0) is 0 Å². The summed E-state index contributed by atoms with van der Waals surface area (Å²) in [4.78, 5) is 30.5. The Morgan fingerprint density at radius 2 is 0.914 bits per heavy atom. The van der Waals surface area contributed by atoms with Crippen LogP contribution in [0.5, 0.6) is 23.0 Å². The fourth-order valence-corrected chi connectivity index (χ4v) is 3.18. The van der Waals surface area contributed by atoms with Crippen LogP contribution in [0.4, 0.5) is 11.4 Å². The van der Waals surface area contributed by atoms with E-state index < -0.39 is 0 Å². The molecule has 0 aliphatic rings. The van der Waals surface area contributed by atoms with Crippen molar-refractivity contribution in [1.29, 1.82) is 0 Å². The van der Waals surface area contributed by atoms with Gasteiger partial charge in [0.05, 0.1) is 22.5 Å². The molecule has 0 heterocycles. The first-order valence-corrected chi connectivity index (χ1v) is 10.6. The highest BCUT2D eigenvalue weighted by Gasteiger charge is 2.05. The van der Waals surface area contributed by atoms with E-state index in [1.165, 1.54) is 24.6 Å². The van der Waals surface area contributed by atoms with Gasteiger partial charge in [0.2, 0.25) is 0 Å². The lowest BCUT2D eigenvalue weighted by Gasteiger charge is -2.06. The van der Waals surface area contributed by atoms with Crippen molar-refractivity contribution in [2.24, 2.45) is 9.98 Å². The zero-order chi connectivity index (χ0) is 24.6. The van der Waals surface area contributed by atoms with E-state index >= 15 is 0 Å². The molecule has 0 fully saturated rings. The summed E-state index contributed by atoms with van der Waals surface area (Å²) in [5, 5.41) is 20.1. The average Bonchev–Trinajstić information content (AvgIpc) is 2.89. The van der Waals surface area contributed by atoms with Crippen LogP contribution >= 0.6 is 0 Å². The van der Waals surface area contributed by atoms with Gasteiger partial charge < -0.3 is 14.9 Å². The van der Waals surface area contributed by atoms with E-state index in [-0.39, 0.29) is 22.6 Å².